The van der Waals surface area contributed by atoms with Crippen LogP contribution in [0.15, 0.2) is 17.0 Å². The van der Waals surface area contributed by atoms with Gasteiger partial charge < -0.3 is 9.84 Å². The molecule has 0 aromatic heterocycles. The normalized spacial score (nSPS) is 11.6. The van der Waals surface area contributed by atoms with Crippen molar-refractivity contribution in [3.05, 3.63) is 23.3 Å². The van der Waals surface area contributed by atoms with Gasteiger partial charge in [0.25, 0.3) is 0 Å². The van der Waals surface area contributed by atoms with Crippen molar-refractivity contribution < 1.29 is 9.84 Å². The van der Waals surface area contributed by atoms with Crippen molar-refractivity contribution >= 4 is 11.8 Å². The molecule has 2 nitrogen and oxygen atoms in total. The fourth-order valence-corrected chi connectivity index (χ4v) is 2.28. The summed E-state index contributed by atoms with van der Waals surface area (Å²) in [5.74, 6) is 0.856. The Balaban J connectivity index is 3.36. The number of aliphatic hydroxyl groups excluding tert-OH is 1. The molecule has 1 N–H and O–H groups in total. The molecule has 0 atom stereocenters. The second-order valence-electron chi connectivity index (χ2n) is 4.56. The second kappa shape index (κ2) is 5.11. The smallest absolute Gasteiger partial charge is 0.123 e. The summed E-state index contributed by atoms with van der Waals surface area (Å²) in [5.41, 5.74) is 2.00. The quantitative estimate of drug-likeness (QED) is 0.820. The summed E-state index contributed by atoms with van der Waals surface area (Å²) < 4.78 is 5.39. The molecule has 0 bridgehead atoms. The molecular weight excluding hydrogens is 220 g/mol. The first-order valence-corrected chi connectivity index (χ1v) is 6.52. The van der Waals surface area contributed by atoms with Gasteiger partial charge in [-0.2, -0.15) is 0 Å². The summed E-state index contributed by atoms with van der Waals surface area (Å²) in [5, 5.41) is 9.44. The zero-order chi connectivity index (χ0) is 12.3. The van der Waals surface area contributed by atoms with Crippen LogP contribution in [-0.2, 0) is 5.41 Å². The summed E-state index contributed by atoms with van der Waals surface area (Å²) in [6.45, 7) is 6.22. The molecule has 0 aliphatic heterocycles. The van der Waals surface area contributed by atoms with Gasteiger partial charge in [-0.15, -0.1) is 11.8 Å². The Labute approximate surface area is 102 Å². The lowest BCUT2D eigenvalue weighted by Crippen LogP contribution is -2.23. The van der Waals surface area contributed by atoms with Crippen LogP contribution in [0.4, 0.5) is 0 Å². The van der Waals surface area contributed by atoms with E-state index in [-0.39, 0.29) is 12.0 Å². The number of aliphatic hydroxyl groups is 1. The van der Waals surface area contributed by atoms with E-state index < -0.39 is 0 Å². The largest absolute Gasteiger partial charge is 0.496 e. The van der Waals surface area contributed by atoms with Crippen LogP contribution in [0.2, 0.25) is 0 Å². The second-order valence-corrected chi connectivity index (χ2v) is 5.41. The van der Waals surface area contributed by atoms with E-state index in [9.17, 15) is 5.11 Å². The highest BCUT2D eigenvalue weighted by Crippen LogP contribution is 2.36. The molecule has 0 amide bonds. The molecule has 0 radical (unpaired) electrons. The molecule has 0 fully saturated rings. The van der Waals surface area contributed by atoms with Gasteiger partial charge in [-0.3, -0.25) is 0 Å². The van der Waals surface area contributed by atoms with Crippen LogP contribution in [-0.4, -0.2) is 25.1 Å². The molecule has 3 heteroatoms. The minimum absolute atomic E-state index is 0.111. The summed E-state index contributed by atoms with van der Waals surface area (Å²) in [6, 6.07) is 4.16. The first-order chi connectivity index (χ1) is 7.46. The van der Waals surface area contributed by atoms with E-state index in [0.717, 1.165) is 11.3 Å². The SMILES string of the molecule is COc1cc(C)c(SC)cc1C(C)(C)CO. The monoisotopic (exact) mass is 240 g/mol. The van der Waals surface area contributed by atoms with Crippen LogP contribution >= 0.6 is 11.8 Å². The molecule has 90 valence electrons. The molecule has 1 rings (SSSR count). The topological polar surface area (TPSA) is 29.5 Å². The first kappa shape index (κ1) is 13.4. The van der Waals surface area contributed by atoms with Crippen LogP contribution in [0.5, 0.6) is 5.75 Å². The fourth-order valence-electron chi connectivity index (χ4n) is 1.66. The van der Waals surface area contributed by atoms with Gasteiger partial charge in [0.05, 0.1) is 13.7 Å². The average molecular weight is 240 g/mol. The lowest BCUT2D eigenvalue weighted by Gasteiger charge is -2.25. The van der Waals surface area contributed by atoms with Crippen LogP contribution in [0, 0.1) is 6.92 Å². The van der Waals surface area contributed by atoms with Crippen molar-refractivity contribution in [2.45, 2.75) is 31.1 Å². The lowest BCUT2D eigenvalue weighted by molar-refractivity contribution is 0.214. The van der Waals surface area contributed by atoms with Crippen molar-refractivity contribution in [1.29, 1.82) is 0 Å². The van der Waals surface area contributed by atoms with Crippen LogP contribution in [0.3, 0.4) is 0 Å². The minimum atomic E-state index is -0.274. The molecule has 0 aliphatic rings. The van der Waals surface area contributed by atoms with Gasteiger partial charge in [0.15, 0.2) is 0 Å². The number of thioether (sulfide) groups is 1. The Morgan fingerprint density at radius 1 is 1.38 bits per heavy atom. The van der Waals surface area contributed by atoms with Crippen LogP contribution < -0.4 is 4.74 Å². The Bertz CT molecular complexity index is 372. The molecule has 0 saturated carbocycles. The molecule has 0 heterocycles. The number of ether oxygens (including phenoxy) is 1. The number of aryl methyl sites for hydroxylation is 1. The van der Waals surface area contributed by atoms with Crippen LogP contribution in [0.25, 0.3) is 0 Å². The first-order valence-electron chi connectivity index (χ1n) is 5.30. The molecule has 16 heavy (non-hydrogen) atoms. The van der Waals surface area contributed by atoms with Gasteiger partial charge in [0, 0.05) is 15.9 Å². The standard InChI is InChI=1S/C13H20O2S/c1-9-6-11(15-4)10(7-12(9)16-5)13(2,3)8-14/h6-7,14H,8H2,1-5H3. The fraction of sp³-hybridized carbons (Fsp3) is 0.538. The van der Waals surface area contributed by atoms with Gasteiger partial charge in [0.2, 0.25) is 0 Å². The van der Waals surface area contributed by atoms with Gasteiger partial charge in [-0.25, -0.2) is 0 Å². The van der Waals surface area contributed by atoms with Gasteiger partial charge in [0.1, 0.15) is 5.75 Å². The van der Waals surface area contributed by atoms with E-state index in [4.69, 9.17) is 4.74 Å². The van der Waals surface area contributed by atoms with Crippen molar-refractivity contribution in [3.8, 4) is 5.75 Å². The molecule has 1 aromatic carbocycles. The maximum Gasteiger partial charge on any atom is 0.123 e. The van der Waals surface area contributed by atoms with E-state index in [2.05, 4.69) is 19.2 Å². The van der Waals surface area contributed by atoms with E-state index >= 15 is 0 Å². The number of methoxy groups -OCH3 is 1. The Hall–Kier alpha value is -0.670. The maximum atomic E-state index is 9.44. The highest BCUT2D eigenvalue weighted by Gasteiger charge is 2.24. The minimum Gasteiger partial charge on any atom is -0.496 e. The molecular formula is C13H20O2S. The van der Waals surface area contributed by atoms with Gasteiger partial charge in [-0.1, -0.05) is 13.8 Å². The molecule has 0 aliphatic carbocycles. The number of hydrogen-bond donors (Lipinski definition) is 1. The number of hydrogen-bond acceptors (Lipinski definition) is 3. The Kier molecular flexibility index (Phi) is 4.28. The molecule has 0 saturated heterocycles. The predicted molar refractivity (Wildman–Crippen MR) is 69.6 cm³/mol. The highest BCUT2D eigenvalue weighted by molar-refractivity contribution is 7.98. The number of rotatable bonds is 4. The third-order valence-corrected chi connectivity index (χ3v) is 3.72. The average Bonchev–Trinajstić information content (AvgIpc) is 2.28. The molecule has 1 aromatic rings. The van der Waals surface area contributed by atoms with Crippen molar-refractivity contribution in [3.63, 3.8) is 0 Å². The summed E-state index contributed by atoms with van der Waals surface area (Å²) >= 11 is 1.72. The Morgan fingerprint density at radius 2 is 2.00 bits per heavy atom. The van der Waals surface area contributed by atoms with Gasteiger partial charge >= 0.3 is 0 Å². The third-order valence-electron chi connectivity index (χ3n) is 2.84. The zero-order valence-electron chi connectivity index (χ0n) is 10.6. The molecule has 0 unspecified atom stereocenters. The van der Waals surface area contributed by atoms with E-state index in [1.807, 2.05) is 19.9 Å². The van der Waals surface area contributed by atoms with Crippen LogP contribution in [0.1, 0.15) is 25.0 Å². The zero-order valence-corrected chi connectivity index (χ0v) is 11.4. The van der Waals surface area contributed by atoms with E-state index in [0.29, 0.717) is 0 Å². The van der Waals surface area contributed by atoms with Crippen molar-refractivity contribution in [1.82, 2.24) is 0 Å². The summed E-state index contributed by atoms with van der Waals surface area (Å²) in [4.78, 5) is 1.23. The number of benzene rings is 1. The lowest BCUT2D eigenvalue weighted by atomic mass is 9.84. The maximum absolute atomic E-state index is 9.44. The van der Waals surface area contributed by atoms with Gasteiger partial charge in [-0.05, 0) is 30.9 Å². The summed E-state index contributed by atoms with van der Waals surface area (Å²) in [7, 11) is 1.67. The highest BCUT2D eigenvalue weighted by atomic mass is 32.2. The predicted octanol–water partition coefficient (Wildman–Crippen LogP) is 3.00. The van der Waals surface area contributed by atoms with Crippen molar-refractivity contribution in [2.75, 3.05) is 20.0 Å². The van der Waals surface area contributed by atoms with E-state index in [1.165, 1.54) is 10.5 Å². The van der Waals surface area contributed by atoms with E-state index in [1.54, 1.807) is 18.9 Å². The Morgan fingerprint density at radius 3 is 2.44 bits per heavy atom. The molecule has 0 spiro atoms. The third kappa shape index (κ3) is 2.53. The van der Waals surface area contributed by atoms with Crippen molar-refractivity contribution in [2.24, 2.45) is 0 Å². The summed E-state index contributed by atoms with van der Waals surface area (Å²) in [6.07, 6.45) is 2.06.